The molecule has 1 aromatic heterocycles. The Balaban J connectivity index is 1.89. The summed E-state index contributed by atoms with van der Waals surface area (Å²) in [6.45, 7) is 3.34. The van der Waals surface area contributed by atoms with E-state index in [2.05, 4.69) is 10.3 Å². The summed E-state index contributed by atoms with van der Waals surface area (Å²) in [4.78, 5) is 6.94. The Morgan fingerprint density at radius 2 is 1.95 bits per heavy atom. The van der Waals surface area contributed by atoms with E-state index in [0.717, 1.165) is 12.2 Å². The lowest BCUT2D eigenvalue weighted by Gasteiger charge is -2.29. The molecule has 5 heteroatoms. The predicted octanol–water partition coefficient (Wildman–Crippen LogP) is 2.61. The van der Waals surface area contributed by atoms with E-state index in [1.54, 1.807) is 11.3 Å². The molecule has 0 saturated heterocycles. The van der Waals surface area contributed by atoms with Crippen molar-refractivity contribution in [3.63, 3.8) is 0 Å². The predicted molar refractivity (Wildman–Crippen MR) is 86.6 cm³/mol. The van der Waals surface area contributed by atoms with Crippen LogP contribution in [0.5, 0.6) is 0 Å². The second kappa shape index (κ2) is 7.68. The molecule has 0 bridgehead atoms. The molecular formula is C16H28N2O2S. The second-order valence-corrected chi connectivity index (χ2v) is 7.70. The minimum Gasteiger partial charge on any atom is -0.396 e. The zero-order valence-electron chi connectivity index (χ0n) is 13.2. The van der Waals surface area contributed by atoms with Crippen LogP contribution >= 0.6 is 11.3 Å². The first-order chi connectivity index (χ1) is 10.1. The number of rotatable bonds is 7. The Hall–Kier alpha value is -0.490. The second-order valence-electron chi connectivity index (χ2n) is 6.81. The number of hydrogen-bond donors (Lipinski definition) is 2. The Bertz CT molecular complexity index is 426. The third-order valence-corrected chi connectivity index (χ3v) is 5.43. The summed E-state index contributed by atoms with van der Waals surface area (Å²) in [7, 11) is 2.02. The van der Waals surface area contributed by atoms with Crippen molar-refractivity contribution >= 4 is 11.3 Å². The van der Waals surface area contributed by atoms with Crippen molar-refractivity contribution in [1.82, 2.24) is 9.88 Å². The van der Waals surface area contributed by atoms with Crippen molar-refractivity contribution in [3.8, 4) is 0 Å². The van der Waals surface area contributed by atoms with Gasteiger partial charge in [-0.1, -0.05) is 26.2 Å². The van der Waals surface area contributed by atoms with Crippen LogP contribution in [0.2, 0.25) is 0 Å². The molecule has 0 aromatic carbocycles. The molecule has 2 N–H and O–H groups in total. The topological polar surface area (TPSA) is 56.6 Å². The van der Waals surface area contributed by atoms with E-state index in [9.17, 15) is 10.2 Å². The minimum atomic E-state index is -0.447. The van der Waals surface area contributed by atoms with E-state index in [-0.39, 0.29) is 13.2 Å². The van der Waals surface area contributed by atoms with E-state index >= 15 is 0 Å². The molecule has 1 aliphatic rings. The summed E-state index contributed by atoms with van der Waals surface area (Å²) in [6, 6.07) is 0. The van der Waals surface area contributed by atoms with E-state index in [1.807, 2.05) is 14.0 Å². The van der Waals surface area contributed by atoms with Gasteiger partial charge in [0.25, 0.3) is 0 Å². The average molecular weight is 312 g/mol. The van der Waals surface area contributed by atoms with Crippen molar-refractivity contribution in [2.24, 2.45) is 5.41 Å². The van der Waals surface area contributed by atoms with Gasteiger partial charge in [-0.25, -0.2) is 4.98 Å². The van der Waals surface area contributed by atoms with Crippen LogP contribution in [0, 0.1) is 5.41 Å². The number of aliphatic hydroxyl groups is 2. The van der Waals surface area contributed by atoms with Crippen molar-refractivity contribution < 1.29 is 10.2 Å². The van der Waals surface area contributed by atoms with Gasteiger partial charge in [0.2, 0.25) is 0 Å². The van der Waals surface area contributed by atoms with Crippen LogP contribution in [0.1, 0.15) is 55.6 Å². The largest absolute Gasteiger partial charge is 0.396 e. The minimum absolute atomic E-state index is 0.00176. The normalized spacial score (nSPS) is 17.6. The third-order valence-electron chi connectivity index (χ3n) is 4.37. The quantitative estimate of drug-likeness (QED) is 0.812. The van der Waals surface area contributed by atoms with Crippen molar-refractivity contribution in [1.29, 1.82) is 0 Å². The molecule has 120 valence electrons. The van der Waals surface area contributed by atoms with Gasteiger partial charge in [0, 0.05) is 29.8 Å². The van der Waals surface area contributed by atoms with E-state index in [1.165, 1.54) is 37.1 Å². The standard InChI is InChI=1S/C16H28N2O2S/c1-16(11-19,12-20)10-18(2)8-14-9-21-15(17-14)13-6-4-3-5-7-13/h9,13,19-20H,3-8,10-12H2,1-2H3. The molecule has 1 aliphatic carbocycles. The maximum atomic E-state index is 9.37. The van der Waals surface area contributed by atoms with Gasteiger partial charge in [0.05, 0.1) is 23.9 Å². The van der Waals surface area contributed by atoms with Crippen LogP contribution in [0.4, 0.5) is 0 Å². The van der Waals surface area contributed by atoms with Crippen LogP contribution in [0.15, 0.2) is 5.38 Å². The molecule has 0 unspecified atom stereocenters. The fourth-order valence-electron chi connectivity index (χ4n) is 3.07. The molecule has 1 aromatic rings. The lowest BCUT2D eigenvalue weighted by molar-refractivity contribution is 0.0399. The van der Waals surface area contributed by atoms with Crippen molar-refractivity contribution in [3.05, 3.63) is 16.1 Å². The number of hydrogen-bond acceptors (Lipinski definition) is 5. The van der Waals surface area contributed by atoms with Crippen LogP contribution in [-0.2, 0) is 6.54 Å². The Labute approximate surface area is 131 Å². The summed E-state index contributed by atoms with van der Waals surface area (Å²) in [5.74, 6) is 0.669. The van der Waals surface area contributed by atoms with E-state index in [0.29, 0.717) is 12.5 Å². The zero-order valence-corrected chi connectivity index (χ0v) is 14.0. The molecule has 0 atom stereocenters. The number of thiazole rings is 1. The Morgan fingerprint density at radius 1 is 1.29 bits per heavy atom. The van der Waals surface area contributed by atoms with Gasteiger partial charge < -0.3 is 10.2 Å². The molecular weight excluding hydrogens is 284 g/mol. The molecule has 21 heavy (non-hydrogen) atoms. The van der Waals surface area contributed by atoms with Crippen molar-refractivity contribution in [2.75, 3.05) is 26.8 Å². The first-order valence-electron chi connectivity index (χ1n) is 7.91. The van der Waals surface area contributed by atoms with Gasteiger partial charge >= 0.3 is 0 Å². The highest BCUT2D eigenvalue weighted by Gasteiger charge is 2.25. The average Bonchev–Trinajstić information content (AvgIpc) is 2.96. The van der Waals surface area contributed by atoms with Gasteiger partial charge in [-0.05, 0) is 19.9 Å². The molecule has 1 heterocycles. The molecule has 0 amide bonds. The van der Waals surface area contributed by atoms with Gasteiger partial charge in [-0.2, -0.15) is 0 Å². The summed E-state index contributed by atoms with van der Waals surface area (Å²) >= 11 is 1.79. The summed E-state index contributed by atoms with van der Waals surface area (Å²) in [5.41, 5.74) is 0.665. The maximum absolute atomic E-state index is 9.37. The SMILES string of the molecule is CN(Cc1csc(C2CCCCC2)n1)CC(C)(CO)CO. The highest BCUT2D eigenvalue weighted by Crippen LogP contribution is 2.34. The van der Waals surface area contributed by atoms with Crippen LogP contribution in [0.3, 0.4) is 0 Å². The first kappa shape index (κ1) is 16.9. The lowest BCUT2D eigenvalue weighted by Crippen LogP contribution is -2.38. The maximum Gasteiger partial charge on any atom is 0.0959 e. The molecule has 0 aliphatic heterocycles. The highest BCUT2D eigenvalue weighted by atomic mass is 32.1. The Morgan fingerprint density at radius 3 is 2.57 bits per heavy atom. The molecule has 0 spiro atoms. The van der Waals surface area contributed by atoms with Gasteiger partial charge in [0.15, 0.2) is 0 Å². The highest BCUT2D eigenvalue weighted by molar-refractivity contribution is 7.09. The molecule has 4 nitrogen and oxygen atoms in total. The first-order valence-corrected chi connectivity index (χ1v) is 8.79. The van der Waals surface area contributed by atoms with Crippen LogP contribution in [-0.4, -0.2) is 46.9 Å². The van der Waals surface area contributed by atoms with Gasteiger partial charge in [-0.3, -0.25) is 4.90 Å². The van der Waals surface area contributed by atoms with Crippen LogP contribution < -0.4 is 0 Å². The summed E-state index contributed by atoms with van der Waals surface area (Å²) in [5, 5.41) is 22.2. The third kappa shape index (κ3) is 4.74. The summed E-state index contributed by atoms with van der Waals surface area (Å²) in [6.07, 6.45) is 6.62. The Kier molecular flexibility index (Phi) is 6.17. The molecule has 1 fully saturated rings. The smallest absolute Gasteiger partial charge is 0.0959 e. The summed E-state index contributed by atoms with van der Waals surface area (Å²) < 4.78 is 0. The molecule has 2 rings (SSSR count). The van der Waals surface area contributed by atoms with Crippen molar-refractivity contribution in [2.45, 2.75) is 51.5 Å². The van der Waals surface area contributed by atoms with Gasteiger partial charge in [-0.15, -0.1) is 11.3 Å². The fourth-order valence-corrected chi connectivity index (χ4v) is 4.05. The molecule has 1 saturated carbocycles. The number of aliphatic hydroxyl groups excluding tert-OH is 2. The zero-order chi connectivity index (χ0) is 15.3. The van der Waals surface area contributed by atoms with E-state index < -0.39 is 5.41 Å². The molecule has 0 radical (unpaired) electrons. The van der Waals surface area contributed by atoms with E-state index in [4.69, 9.17) is 4.98 Å². The fraction of sp³-hybridized carbons (Fsp3) is 0.812. The van der Waals surface area contributed by atoms with Gasteiger partial charge in [0.1, 0.15) is 0 Å². The number of nitrogens with zero attached hydrogens (tertiary/aromatic N) is 2. The number of aromatic nitrogens is 1. The monoisotopic (exact) mass is 312 g/mol. The lowest BCUT2D eigenvalue weighted by atomic mass is 9.90. The van der Waals surface area contributed by atoms with Crippen LogP contribution in [0.25, 0.3) is 0 Å².